The summed E-state index contributed by atoms with van der Waals surface area (Å²) < 4.78 is 11.6. The number of carbonyl (C=O) groups is 2. The monoisotopic (exact) mass is 474 g/mol. The SMILES string of the molecule is CCOc1c(Cl)cc(CNC(=O)C(C)NC(=O)c2ccc(Br)s2)cc1OC. The molecule has 1 heterocycles. The van der Waals surface area contributed by atoms with Crippen LogP contribution < -0.4 is 20.1 Å². The maximum Gasteiger partial charge on any atom is 0.262 e. The van der Waals surface area contributed by atoms with Crippen molar-refractivity contribution in [3.8, 4) is 11.5 Å². The molecule has 1 aromatic carbocycles. The zero-order chi connectivity index (χ0) is 20.0. The van der Waals surface area contributed by atoms with E-state index in [1.165, 1.54) is 18.4 Å². The van der Waals surface area contributed by atoms with Gasteiger partial charge in [-0.1, -0.05) is 11.6 Å². The fourth-order valence-corrected chi connectivity index (χ4v) is 3.85. The minimum Gasteiger partial charge on any atom is -0.493 e. The second-order valence-corrected chi connectivity index (χ2v) is 8.43. The van der Waals surface area contributed by atoms with Crippen LogP contribution in [0.15, 0.2) is 28.1 Å². The van der Waals surface area contributed by atoms with Gasteiger partial charge in [0.25, 0.3) is 5.91 Å². The lowest BCUT2D eigenvalue weighted by Gasteiger charge is -2.15. The van der Waals surface area contributed by atoms with E-state index in [9.17, 15) is 9.59 Å². The molecule has 2 rings (SSSR count). The fourth-order valence-electron chi connectivity index (χ4n) is 2.27. The highest BCUT2D eigenvalue weighted by atomic mass is 79.9. The summed E-state index contributed by atoms with van der Waals surface area (Å²) in [6, 6.07) is 6.26. The lowest BCUT2D eigenvalue weighted by Crippen LogP contribution is -2.44. The first-order chi connectivity index (χ1) is 12.8. The van der Waals surface area contributed by atoms with E-state index in [1.807, 2.05) is 6.92 Å². The van der Waals surface area contributed by atoms with Crippen molar-refractivity contribution in [1.29, 1.82) is 0 Å². The minimum absolute atomic E-state index is 0.242. The molecule has 6 nitrogen and oxygen atoms in total. The Morgan fingerprint density at radius 2 is 2.07 bits per heavy atom. The Hall–Kier alpha value is -1.77. The van der Waals surface area contributed by atoms with E-state index in [0.717, 1.165) is 9.35 Å². The number of thiophene rings is 1. The molecule has 2 amide bonds. The molecular formula is C18H20BrClN2O4S. The van der Waals surface area contributed by atoms with Gasteiger partial charge in [0.1, 0.15) is 6.04 Å². The lowest BCUT2D eigenvalue weighted by atomic mass is 10.2. The summed E-state index contributed by atoms with van der Waals surface area (Å²) in [6.07, 6.45) is 0. The average Bonchev–Trinajstić information content (AvgIpc) is 3.08. The van der Waals surface area contributed by atoms with E-state index in [2.05, 4.69) is 26.6 Å². The molecule has 2 aromatic rings. The van der Waals surface area contributed by atoms with Crippen LogP contribution >= 0.6 is 38.9 Å². The van der Waals surface area contributed by atoms with Gasteiger partial charge in [-0.2, -0.15) is 0 Å². The zero-order valence-corrected chi connectivity index (χ0v) is 18.3. The first-order valence-corrected chi connectivity index (χ1v) is 10.2. The van der Waals surface area contributed by atoms with Crippen LogP contribution in [0, 0.1) is 0 Å². The standard InChI is InChI=1S/C18H20BrClN2O4S/c1-4-26-16-12(20)7-11(8-13(16)25-3)9-21-17(23)10(2)22-18(24)14-5-6-15(19)27-14/h5-8,10H,4,9H2,1-3H3,(H,21,23)(H,22,24). The molecule has 1 atom stereocenters. The highest BCUT2D eigenvalue weighted by Gasteiger charge is 2.18. The van der Waals surface area contributed by atoms with Gasteiger partial charge in [0.15, 0.2) is 11.5 Å². The lowest BCUT2D eigenvalue weighted by molar-refractivity contribution is -0.122. The summed E-state index contributed by atoms with van der Waals surface area (Å²) in [4.78, 5) is 24.9. The van der Waals surface area contributed by atoms with Gasteiger partial charge in [-0.15, -0.1) is 11.3 Å². The first kappa shape index (κ1) is 21.5. The number of hydrogen-bond donors (Lipinski definition) is 2. The van der Waals surface area contributed by atoms with E-state index in [4.69, 9.17) is 21.1 Å². The van der Waals surface area contributed by atoms with E-state index in [1.54, 1.807) is 31.2 Å². The molecule has 27 heavy (non-hydrogen) atoms. The van der Waals surface area contributed by atoms with Crippen molar-refractivity contribution in [2.75, 3.05) is 13.7 Å². The van der Waals surface area contributed by atoms with Gasteiger partial charge in [-0.3, -0.25) is 9.59 Å². The Bertz CT molecular complexity index is 828. The van der Waals surface area contributed by atoms with Crippen LogP contribution in [0.2, 0.25) is 5.02 Å². The van der Waals surface area contributed by atoms with Gasteiger partial charge < -0.3 is 20.1 Å². The molecule has 0 spiro atoms. The number of halogens is 2. The third-order valence-electron chi connectivity index (χ3n) is 3.58. The zero-order valence-electron chi connectivity index (χ0n) is 15.1. The number of amides is 2. The molecule has 0 radical (unpaired) electrons. The van der Waals surface area contributed by atoms with E-state index < -0.39 is 6.04 Å². The fraction of sp³-hybridized carbons (Fsp3) is 0.333. The van der Waals surface area contributed by atoms with Crippen LogP contribution in [0.25, 0.3) is 0 Å². The third-order valence-corrected chi connectivity index (χ3v) is 5.49. The van der Waals surface area contributed by atoms with E-state index in [0.29, 0.717) is 28.0 Å². The van der Waals surface area contributed by atoms with Gasteiger partial charge in [-0.05, 0) is 59.6 Å². The Kier molecular flexibility index (Phi) is 7.94. The Morgan fingerprint density at radius 1 is 1.33 bits per heavy atom. The summed E-state index contributed by atoms with van der Waals surface area (Å²) in [5, 5.41) is 5.86. The topological polar surface area (TPSA) is 76.7 Å². The quantitative estimate of drug-likeness (QED) is 0.605. The van der Waals surface area contributed by atoms with E-state index >= 15 is 0 Å². The molecule has 1 aromatic heterocycles. The number of nitrogens with one attached hydrogen (secondary N) is 2. The molecule has 9 heteroatoms. The molecule has 0 fully saturated rings. The molecule has 0 aliphatic rings. The number of hydrogen-bond acceptors (Lipinski definition) is 5. The second-order valence-electron chi connectivity index (χ2n) is 5.56. The Balaban J connectivity index is 1.96. The number of carbonyl (C=O) groups excluding carboxylic acids is 2. The van der Waals surface area contributed by atoms with Crippen molar-refractivity contribution in [3.05, 3.63) is 43.5 Å². The highest BCUT2D eigenvalue weighted by molar-refractivity contribution is 9.11. The molecular weight excluding hydrogens is 456 g/mol. The van der Waals surface area contributed by atoms with Gasteiger partial charge in [0.05, 0.1) is 27.4 Å². The maximum atomic E-state index is 12.3. The van der Waals surface area contributed by atoms with Crippen molar-refractivity contribution in [1.82, 2.24) is 10.6 Å². The molecule has 1 unspecified atom stereocenters. The molecule has 0 bridgehead atoms. The van der Waals surface area contributed by atoms with Crippen molar-refractivity contribution in [2.45, 2.75) is 26.4 Å². The summed E-state index contributed by atoms with van der Waals surface area (Å²) in [5.74, 6) is 0.375. The maximum absolute atomic E-state index is 12.3. The molecule has 2 N–H and O–H groups in total. The largest absolute Gasteiger partial charge is 0.493 e. The van der Waals surface area contributed by atoms with Crippen LogP contribution in [0.1, 0.15) is 29.1 Å². The number of methoxy groups -OCH3 is 1. The Morgan fingerprint density at radius 3 is 2.67 bits per heavy atom. The van der Waals surface area contributed by atoms with Crippen LogP contribution in [0.3, 0.4) is 0 Å². The van der Waals surface area contributed by atoms with Crippen molar-refractivity contribution < 1.29 is 19.1 Å². The van der Waals surface area contributed by atoms with Crippen LogP contribution in [0.5, 0.6) is 11.5 Å². The molecule has 146 valence electrons. The van der Waals surface area contributed by atoms with Gasteiger partial charge in [0.2, 0.25) is 5.91 Å². The van der Waals surface area contributed by atoms with Crippen molar-refractivity contribution >= 4 is 50.7 Å². The number of benzene rings is 1. The summed E-state index contributed by atoms with van der Waals surface area (Å²) in [5.41, 5.74) is 0.759. The summed E-state index contributed by atoms with van der Waals surface area (Å²) >= 11 is 10.8. The predicted octanol–water partition coefficient (Wildman–Crippen LogP) is 4.01. The van der Waals surface area contributed by atoms with Crippen LogP contribution in [0.4, 0.5) is 0 Å². The number of rotatable bonds is 8. The van der Waals surface area contributed by atoms with Crippen LogP contribution in [-0.4, -0.2) is 31.6 Å². The van der Waals surface area contributed by atoms with Gasteiger partial charge in [-0.25, -0.2) is 0 Å². The minimum atomic E-state index is -0.682. The summed E-state index contributed by atoms with van der Waals surface area (Å²) in [6.45, 7) is 4.19. The Labute approximate surface area is 175 Å². The van der Waals surface area contributed by atoms with Crippen molar-refractivity contribution in [2.24, 2.45) is 0 Å². The predicted molar refractivity (Wildman–Crippen MR) is 110 cm³/mol. The first-order valence-electron chi connectivity index (χ1n) is 8.18. The molecule has 0 aliphatic carbocycles. The number of ether oxygens (including phenoxy) is 2. The molecule has 0 saturated heterocycles. The molecule has 0 saturated carbocycles. The smallest absolute Gasteiger partial charge is 0.262 e. The third kappa shape index (κ3) is 5.85. The normalized spacial score (nSPS) is 11.6. The average molecular weight is 476 g/mol. The summed E-state index contributed by atoms with van der Waals surface area (Å²) in [7, 11) is 1.52. The van der Waals surface area contributed by atoms with Gasteiger partial charge in [0, 0.05) is 6.54 Å². The van der Waals surface area contributed by atoms with Gasteiger partial charge >= 0.3 is 0 Å². The second kappa shape index (κ2) is 9.96. The molecule has 0 aliphatic heterocycles. The van der Waals surface area contributed by atoms with E-state index in [-0.39, 0.29) is 18.4 Å². The van der Waals surface area contributed by atoms with Crippen molar-refractivity contribution in [3.63, 3.8) is 0 Å². The highest BCUT2D eigenvalue weighted by Crippen LogP contribution is 2.36. The van der Waals surface area contributed by atoms with Crippen LogP contribution in [-0.2, 0) is 11.3 Å².